The topological polar surface area (TPSA) is 0 Å². The number of allylic oxidation sites excluding steroid dienone is 2. The maximum Gasteiger partial charge on any atom is -0.0152 e. The van der Waals surface area contributed by atoms with E-state index in [1.165, 1.54) is 12.8 Å². The Hall–Kier alpha value is -0.260. The Morgan fingerprint density at radius 2 is 1.69 bits per heavy atom. The van der Waals surface area contributed by atoms with E-state index >= 15 is 0 Å². The van der Waals surface area contributed by atoms with Crippen LogP contribution in [0, 0.1) is 17.3 Å². The van der Waals surface area contributed by atoms with Crippen molar-refractivity contribution in [1.29, 1.82) is 0 Å². The summed E-state index contributed by atoms with van der Waals surface area (Å²) in [7, 11) is 0. The average molecular weight is 182 g/mol. The second-order valence-electron chi connectivity index (χ2n) is 5.10. The van der Waals surface area contributed by atoms with Crippen molar-refractivity contribution < 1.29 is 0 Å². The molecule has 0 aromatic carbocycles. The Morgan fingerprint density at radius 1 is 1.15 bits per heavy atom. The van der Waals surface area contributed by atoms with Gasteiger partial charge in [0.15, 0.2) is 0 Å². The Kier molecular flexibility index (Phi) is 5.36. The standard InChI is InChI=1S/C13H26/c1-7-8-12(4)9-10-13(5,6)11(2)3/h9-12H,7-8H2,1-6H3. The van der Waals surface area contributed by atoms with Gasteiger partial charge in [0.05, 0.1) is 0 Å². The maximum atomic E-state index is 2.39. The summed E-state index contributed by atoms with van der Waals surface area (Å²) in [6.07, 6.45) is 7.36. The highest BCUT2D eigenvalue weighted by Crippen LogP contribution is 2.28. The summed E-state index contributed by atoms with van der Waals surface area (Å²) in [6, 6.07) is 0. The fourth-order valence-electron chi connectivity index (χ4n) is 1.16. The second kappa shape index (κ2) is 5.47. The molecule has 0 heterocycles. The molecule has 0 aliphatic heterocycles. The van der Waals surface area contributed by atoms with E-state index < -0.39 is 0 Å². The summed E-state index contributed by atoms with van der Waals surface area (Å²) in [5.74, 6) is 1.46. The van der Waals surface area contributed by atoms with Crippen molar-refractivity contribution >= 4 is 0 Å². The summed E-state index contributed by atoms with van der Waals surface area (Å²) in [6.45, 7) is 13.7. The summed E-state index contributed by atoms with van der Waals surface area (Å²) in [5, 5.41) is 0. The molecule has 0 saturated carbocycles. The van der Waals surface area contributed by atoms with Crippen LogP contribution in [0.15, 0.2) is 12.2 Å². The third-order valence-electron chi connectivity index (χ3n) is 3.09. The van der Waals surface area contributed by atoms with Gasteiger partial charge in [0.25, 0.3) is 0 Å². The van der Waals surface area contributed by atoms with Crippen LogP contribution in [0.1, 0.15) is 54.4 Å². The molecule has 0 spiro atoms. The molecule has 0 aromatic heterocycles. The molecule has 78 valence electrons. The molecule has 1 atom stereocenters. The zero-order chi connectivity index (χ0) is 10.5. The van der Waals surface area contributed by atoms with Crippen LogP contribution in [0.3, 0.4) is 0 Å². The third kappa shape index (κ3) is 5.13. The van der Waals surface area contributed by atoms with Crippen LogP contribution in [-0.2, 0) is 0 Å². The minimum Gasteiger partial charge on any atom is -0.0851 e. The van der Waals surface area contributed by atoms with Gasteiger partial charge >= 0.3 is 0 Å². The molecule has 0 amide bonds. The van der Waals surface area contributed by atoms with Gasteiger partial charge in [0.2, 0.25) is 0 Å². The third-order valence-corrected chi connectivity index (χ3v) is 3.09. The smallest absolute Gasteiger partial charge is 0.0152 e. The van der Waals surface area contributed by atoms with E-state index in [-0.39, 0.29) is 0 Å². The summed E-state index contributed by atoms with van der Waals surface area (Å²) >= 11 is 0. The average Bonchev–Trinajstić information content (AvgIpc) is 2.01. The Balaban J connectivity index is 4.09. The fourth-order valence-corrected chi connectivity index (χ4v) is 1.16. The first-order valence-electron chi connectivity index (χ1n) is 5.59. The lowest BCUT2D eigenvalue weighted by molar-refractivity contribution is 0.331. The largest absolute Gasteiger partial charge is 0.0851 e. The predicted molar refractivity (Wildman–Crippen MR) is 61.8 cm³/mol. The highest BCUT2D eigenvalue weighted by molar-refractivity contribution is 4.98. The molecule has 0 fully saturated rings. The quantitative estimate of drug-likeness (QED) is 0.542. The van der Waals surface area contributed by atoms with Crippen LogP contribution in [0.4, 0.5) is 0 Å². The van der Waals surface area contributed by atoms with Crippen LogP contribution >= 0.6 is 0 Å². The summed E-state index contributed by atoms with van der Waals surface area (Å²) in [5.41, 5.74) is 0.349. The van der Waals surface area contributed by atoms with E-state index in [4.69, 9.17) is 0 Å². The van der Waals surface area contributed by atoms with E-state index in [2.05, 4.69) is 53.7 Å². The fraction of sp³-hybridized carbons (Fsp3) is 0.846. The lowest BCUT2D eigenvalue weighted by Gasteiger charge is -2.25. The first kappa shape index (κ1) is 12.7. The Morgan fingerprint density at radius 3 is 2.08 bits per heavy atom. The van der Waals surface area contributed by atoms with Crippen molar-refractivity contribution in [3.63, 3.8) is 0 Å². The number of hydrogen-bond acceptors (Lipinski definition) is 0. The van der Waals surface area contributed by atoms with E-state index in [9.17, 15) is 0 Å². The summed E-state index contributed by atoms with van der Waals surface area (Å²) in [4.78, 5) is 0. The Bertz CT molecular complexity index is 151. The lowest BCUT2D eigenvalue weighted by atomic mass is 9.80. The van der Waals surface area contributed by atoms with Gasteiger partial charge in [-0.3, -0.25) is 0 Å². The molecule has 0 radical (unpaired) electrons. The summed E-state index contributed by atoms with van der Waals surface area (Å²) < 4.78 is 0. The van der Waals surface area contributed by atoms with Crippen molar-refractivity contribution in [3.05, 3.63) is 12.2 Å². The number of hydrogen-bond donors (Lipinski definition) is 0. The van der Waals surface area contributed by atoms with Crippen LogP contribution < -0.4 is 0 Å². The van der Waals surface area contributed by atoms with Crippen LogP contribution in [0.2, 0.25) is 0 Å². The van der Waals surface area contributed by atoms with Crippen molar-refractivity contribution in [2.45, 2.75) is 54.4 Å². The normalized spacial score (nSPS) is 15.6. The molecule has 0 bridgehead atoms. The molecule has 1 unspecified atom stereocenters. The highest BCUT2D eigenvalue weighted by atomic mass is 14.2. The highest BCUT2D eigenvalue weighted by Gasteiger charge is 2.18. The zero-order valence-corrected chi connectivity index (χ0v) is 10.2. The van der Waals surface area contributed by atoms with Gasteiger partial charge in [-0.1, -0.05) is 60.1 Å². The van der Waals surface area contributed by atoms with Crippen LogP contribution in [-0.4, -0.2) is 0 Å². The molecule has 13 heavy (non-hydrogen) atoms. The van der Waals surface area contributed by atoms with Gasteiger partial charge in [-0.05, 0) is 23.7 Å². The molecule has 0 rings (SSSR count). The minimum absolute atomic E-state index is 0.349. The SMILES string of the molecule is CCCC(C)C=CC(C)(C)C(C)C. The van der Waals surface area contributed by atoms with Crippen molar-refractivity contribution in [2.75, 3.05) is 0 Å². The molecule has 0 aromatic rings. The molecule has 0 aliphatic carbocycles. The van der Waals surface area contributed by atoms with Gasteiger partial charge in [-0.15, -0.1) is 0 Å². The zero-order valence-electron chi connectivity index (χ0n) is 10.2. The Labute approximate surface area is 84.4 Å². The van der Waals surface area contributed by atoms with Gasteiger partial charge in [0.1, 0.15) is 0 Å². The first-order valence-corrected chi connectivity index (χ1v) is 5.59. The van der Waals surface area contributed by atoms with Gasteiger partial charge in [-0.25, -0.2) is 0 Å². The van der Waals surface area contributed by atoms with Crippen molar-refractivity contribution in [1.82, 2.24) is 0 Å². The van der Waals surface area contributed by atoms with E-state index in [0.717, 1.165) is 11.8 Å². The second-order valence-corrected chi connectivity index (χ2v) is 5.10. The lowest BCUT2D eigenvalue weighted by Crippen LogP contribution is -2.15. The first-order chi connectivity index (χ1) is 5.90. The van der Waals surface area contributed by atoms with Gasteiger partial charge < -0.3 is 0 Å². The monoisotopic (exact) mass is 182 g/mol. The van der Waals surface area contributed by atoms with Crippen molar-refractivity contribution in [3.8, 4) is 0 Å². The molecule has 0 N–H and O–H groups in total. The molecular formula is C13H26. The molecule has 0 aliphatic rings. The van der Waals surface area contributed by atoms with Gasteiger partial charge in [0, 0.05) is 0 Å². The van der Waals surface area contributed by atoms with Gasteiger partial charge in [-0.2, -0.15) is 0 Å². The number of rotatable bonds is 5. The van der Waals surface area contributed by atoms with Crippen LogP contribution in [0.25, 0.3) is 0 Å². The van der Waals surface area contributed by atoms with E-state index in [1.54, 1.807) is 0 Å². The van der Waals surface area contributed by atoms with Crippen molar-refractivity contribution in [2.24, 2.45) is 17.3 Å². The van der Waals surface area contributed by atoms with Crippen LogP contribution in [0.5, 0.6) is 0 Å². The molecular weight excluding hydrogens is 156 g/mol. The molecule has 0 nitrogen and oxygen atoms in total. The van der Waals surface area contributed by atoms with E-state index in [1.807, 2.05) is 0 Å². The molecule has 0 heteroatoms. The van der Waals surface area contributed by atoms with E-state index in [0.29, 0.717) is 5.41 Å². The maximum absolute atomic E-state index is 2.39. The molecule has 0 saturated heterocycles. The predicted octanol–water partition coefficient (Wildman–Crippen LogP) is 4.66. The minimum atomic E-state index is 0.349.